The zero-order valence-corrected chi connectivity index (χ0v) is 13.8. The van der Waals surface area contributed by atoms with E-state index in [2.05, 4.69) is 50.4 Å². The van der Waals surface area contributed by atoms with Crippen LogP contribution in [0.2, 0.25) is 0 Å². The Hall–Kier alpha value is -1.67. The Bertz CT molecular complexity index is 572. The average molecular weight is 299 g/mol. The van der Waals surface area contributed by atoms with E-state index in [1.54, 1.807) is 12.1 Å². The van der Waals surface area contributed by atoms with Crippen molar-refractivity contribution in [3.63, 3.8) is 0 Å². The third-order valence-corrected chi connectivity index (χ3v) is 3.75. The van der Waals surface area contributed by atoms with Crippen LogP contribution in [0.5, 0.6) is 0 Å². The monoisotopic (exact) mass is 299 g/mol. The zero-order chi connectivity index (χ0) is 16.0. The molecule has 118 valence electrons. The van der Waals surface area contributed by atoms with Gasteiger partial charge in [-0.15, -0.1) is 0 Å². The van der Waals surface area contributed by atoms with Gasteiger partial charge in [-0.25, -0.2) is 4.39 Å². The van der Waals surface area contributed by atoms with Crippen LogP contribution in [0, 0.1) is 11.7 Å². The molecule has 0 aromatic heterocycles. The molecule has 1 nitrogen and oxygen atoms in total. The van der Waals surface area contributed by atoms with E-state index < -0.39 is 0 Å². The number of halogens is 1. The van der Waals surface area contributed by atoms with Gasteiger partial charge in [0, 0.05) is 5.54 Å². The van der Waals surface area contributed by atoms with Crippen molar-refractivity contribution in [3.05, 3.63) is 71.5 Å². The Kier molecular flexibility index (Phi) is 5.73. The van der Waals surface area contributed by atoms with Crippen molar-refractivity contribution in [1.82, 2.24) is 5.32 Å². The quantitative estimate of drug-likeness (QED) is 0.821. The van der Waals surface area contributed by atoms with E-state index in [4.69, 9.17) is 0 Å². The van der Waals surface area contributed by atoms with Crippen LogP contribution >= 0.6 is 0 Å². The largest absolute Gasteiger partial charge is 0.312 e. The van der Waals surface area contributed by atoms with Gasteiger partial charge in [0.15, 0.2) is 0 Å². The Morgan fingerprint density at radius 1 is 0.909 bits per heavy atom. The SMILES string of the molecule is CC(C)(C)NCC(Cc1ccccc1)Cc1ccccc1F. The van der Waals surface area contributed by atoms with Crippen LogP contribution in [-0.4, -0.2) is 12.1 Å². The minimum atomic E-state index is -0.101. The Balaban J connectivity index is 2.09. The second-order valence-corrected chi connectivity index (χ2v) is 6.98. The molecule has 22 heavy (non-hydrogen) atoms. The predicted molar refractivity (Wildman–Crippen MR) is 91.5 cm³/mol. The van der Waals surface area contributed by atoms with Crippen LogP contribution in [0.25, 0.3) is 0 Å². The van der Waals surface area contributed by atoms with Crippen LogP contribution in [0.1, 0.15) is 31.9 Å². The first-order chi connectivity index (χ1) is 10.4. The van der Waals surface area contributed by atoms with Crippen LogP contribution in [0.15, 0.2) is 54.6 Å². The molecule has 0 radical (unpaired) electrons. The van der Waals surface area contributed by atoms with Gasteiger partial charge >= 0.3 is 0 Å². The second-order valence-electron chi connectivity index (χ2n) is 6.98. The number of hydrogen-bond acceptors (Lipinski definition) is 1. The van der Waals surface area contributed by atoms with Crippen LogP contribution < -0.4 is 5.32 Å². The van der Waals surface area contributed by atoms with Crippen molar-refractivity contribution < 1.29 is 4.39 Å². The molecule has 0 heterocycles. The molecule has 2 aromatic carbocycles. The summed E-state index contributed by atoms with van der Waals surface area (Å²) in [6.07, 6.45) is 1.71. The number of rotatable bonds is 6. The maximum Gasteiger partial charge on any atom is 0.126 e. The highest BCUT2D eigenvalue weighted by atomic mass is 19.1. The van der Waals surface area contributed by atoms with E-state index in [0.29, 0.717) is 5.92 Å². The molecule has 2 aromatic rings. The molecule has 0 saturated heterocycles. The lowest BCUT2D eigenvalue weighted by molar-refractivity contribution is 0.365. The molecule has 1 N–H and O–H groups in total. The van der Waals surface area contributed by atoms with Gasteiger partial charge in [-0.2, -0.15) is 0 Å². The van der Waals surface area contributed by atoms with E-state index in [0.717, 1.165) is 24.9 Å². The fourth-order valence-electron chi connectivity index (χ4n) is 2.59. The number of benzene rings is 2. The van der Waals surface area contributed by atoms with E-state index >= 15 is 0 Å². The van der Waals surface area contributed by atoms with E-state index in [1.165, 1.54) is 5.56 Å². The van der Waals surface area contributed by atoms with Gasteiger partial charge in [-0.1, -0.05) is 48.5 Å². The molecule has 0 aliphatic rings. The van der Waals surface area contributed by atoms with Crippen molar-refractivity contribution in [3.8, 4) is 0 Å². The summed E-state index contributed by atoms with van der Waals surface area (Å²) in [5.74, 6) is 0.273. The molecule has 1 atom stereocenters. The lowest BCUT2D eigenvalue weighted by Crippen LogP contribution is -2.40. The topological polar surface area (TPSA) is 12.0 Å². The molecule has 0 aliphatic heterocycles. The molecule has 0 fully saturated rings. The minimum absolute atomic E-state index is 0.0736. The molecule has 0 saturated carbocycles. The highest BCUT2D eigenvalue weighted by Gasteiger charge is 2.16. The second kappa shape index (κ2) is 7.55. The highest BCUT2D eigenvalue weighted by Crippen LogP contribution is 2.17. The van der Waals surface area contributed by atoms with Gasteiger partial charge in [-0.05, 0) is 63.3 Å². The Morgan fingerprint density at radius 2 is 1.55 bits per heavy atom. The zero-order valence-electron chi connectivity index (χ0n) is 13.8. The van der Waals surface area contributed by atoms with Crippen molar-refractivity contribution in [2.45, 2.75) is 39.2 Å². The van der Waals surface area contributed by atoms with E-state index in [-0.39, 0.29) is 11.4 Å². The summed E-state index contributed by atoms with van der Waals surface area (Å²) in [4.78, 5) is 0. The third kappa shape index (κ3) is 5.61. The average Bonchev–Trinajstić information content (AvgIpc) is 2.47. The predicted octanol–water partition coefficient (Wildman–Crippen LogP) is 4.62. The first-order valence-corrected chi connectivity index (χ1v) is 7.96. The summed E-state index contributed by atoms with van der Waals surface area (Å²) in [6.45, 7) is 7.37. The van der Waals surface area contributed by atoms with E-state index in [1.807, 2.05) is 18.2 Å². The molecule has 0 spiro atoms. The Labute approximate surface area is 133 Å². The van der Waals surface area contributed by atoms with Crippen molar-refractivity contribution >= 4 is 0 Å². The maximum absolute atomic E-state index is 13.9. The molecule has 0 bridgehead atoms. The lowest BCUT2D eigenvalue weighted by Gasteiger charge is -2.25. The fraction of sp³-hybridized carbons (Fsp3) is 0.400. The maximum atomic E-state index is 13.9. The molecule has 2 rings (SSSR count). The standard InChI is InChI=1S/C20H26FN/c1-20(2,3)22-15-17(13-16-9-5-4-6-10-16)14-18-11-7-8-12-19(18)21/h4-12,17,22H,13-15H2,1-3H3. The van der Waals surface area contributed by atoms with Crippen LogP contribution in [0.3, 0.4) is 0 Å². The van der Waals surface area contributed by atoms with Crippen molar-refractivity contribution in [2.75, 3.05) is 6.54 Å². The Morgan fingerprint density at radius 3 is 2.18 bits per heavy atom. The summed E-state index contributed by atoms with van der Waals surface area (Å²) < 4.78 is 13.9. The first-order valence-electron chi connectivity index (χ1n) is 7.96. The summed E-state index contributed by atoms with van der Waals surface area (Å²) in [5, 5.41) is 3.56. The molecule has 0 amide bonds. The highest BCUT2D eigenvalue weighted by molar-refractivity contribution is 5.20. The fourth-order valence-corrected chi connectivity index (χ4v) is 2.59. The number of hydrogen-bond donors (Lipinski definition) is 1. The van der Waals surface area contributed by atoms with Gasteiger partial charge in [0.2, 0.25) is 0 Å². The smallest absolute Gasteiger partial charge is 0.126 e. The summed E-state index contributed by atoms with van der Waals surface area (Å²) in [6, 6.07) is 17.5. The molecule has 0 aliphatic carbocycles. The summed E-state index contributed by atoms with van der Waals surface area (Å²) in [7, 11) is 0. The molecule has 2 heteroatoms. The van der Waals surface area contributed by atoms with Gasteiger partial charge in [0.05, 0.1) is 0 Å². The van der Waals surface area contributed by atoms with Gasteiger partial charge in [0.25, 0.3) is 0 Å². The molecular formula is C20H26FN. The minimum Gasteiger partial charge on any atom is -0.312 e. The summed E-state index contributed by atoms with van der Waals surface area (Å²) >= 11 is 0. The van der Waals surface area contributed by atoms with Gasteiger partial charge in [-0.3, -0.25) is 0 Å². The van der Waals surface area contributed by atoms with Crippen molar-refractivity contribution in [2.24, 2.45) is 5.92 Å². The lowest BCUT2D eigenvalue weighted by atomic mass is 9.91. The third-order valence-electron chi connectivity index (χ3n) is 3.75. The van der Waals surface area contributed by atoms with Crippen LogP contribution in [-0.2, 0) is 12.8 Å². The van der Waals surface area contributed by atoms with E-state index in [9.17, 15) is 4.39 Å². The molecular weight excluding hydrogens is 273 g/mol. The molecule has 1 unspecified atom stereocenters. The van der Waals surface area contributed by atoms with Crippen LogP contribution in [0.4, 0.5) is 4.39 Å². The number of nitrogens with one attached hydrogen (secondary N) is 1. The van der Waals surface area contributed by atoms with Gasteiger partial charge < -0.3 is 5.32 Å². The first kappa shape index (κ1) is 16.7. The van der Waals surface area contributed by atoms with Crippen molar-refractivity contribution in [1.29, 1.82) is 0 Å². The summed E-state index contributed by atoms with van der Waals surface area (Å²) in [5.41, 5.74) is 2.18. The van der Waals surface area contributed by atoms with Gasteiger partial charge in [0.1, 0.15) is 5.82 Å². The normalized spacial score (nSPS) is 13.1.